The van der Waals surface area contributed by atoms with Crippen LogP contribution in [0, 0.1) is 0 Å². The molecule has 0 aliphatic carbocycles. The first-order chi connectivity index (χ1) is 11.8. The minimum atomic E-state index is 0.149. The fourth-order valence-corrected chi connectivity index (χ4v) is 4.12. The van der Waals surface area contributed by atoms with Crippen molar-refractivity contribution in [2.45, 2.75) is 31.0 Å². The standard InChI is InChI=1S/C18H22ClN3O2/c19-17-4-2-1-3-16(17)18-20-6-7-22(18)13-9-14-12-24-15(5-8-23)11-21(14)10-13/h1-4,6-7,13-15,23H,5,8-12H2/t13-,14-,15-/m0/s1. The Morgan fingerprint density at radius 1 is 1.25 bits per heavy atom. The number of morpholine rings is 1. The summed E-state index contributed by atoms with van der Waals surface area (Å²) in [7, 11) is 0. The third-order valence-corrected chi connectivity index (χ3v) is 5.43. The monoisotopic (exact) mass is 347 g/mol. The Labute approximate surface area is 146 Å². The van der Waals surface area contributed by atoms with Crippen LogP contribution in [-0.2, 0) is 4.74 Å². The molecule has 0 amide bonds. The van der Waals surface area contributed by atoms with Crippen molar-refractivity contribution in [2.24, 2.45) is 0 Å². The lowest BCUT2D eigenvalue weighted by Crippen LogP contribution is -2.46. The third kappa shape index (κ3) is 2.97. The molecule has 6 heteroatoms. The van der Waals surface area contributed by atoms with Crippen molar-refractivity contribution in [3.8, 4) is 11.4 Å². The quantitative estimate of drug-likeness (QED) is 0.923. The number of halogens is 1. The molecule has 3 heterocycles. The molecule has 1 aromatic heterocycles. The van der Waals surface area contributed by atoms with Crippen molar-refractivity contribution in [1.82, 2.24) is 14.5 Å². The summed E-state index contributed by atoms with van der Waals surface area (Å²) >= 11 is 6.36. The fourth-order valence-electron chi connectivity index (χ4n) is 3.89. The van der Waals surface area contributed by atoms with E-state index >= 15 is 0 Å². The molecular formula is C18H22ClN3O2. The lowest BCUT2D eigenvalue weighted by molar-refractivity contribution is -0.0567. The Hall–Kier alpha value is -1.40. The van der Waals surface area contributed by atoms with Crippen molar-refractivity contribution in [3.05, 3.63) is 41.7 Å². The molecule has 0 spiro atoms. The van der Waals surface area contributed by atoms with Crippen LogP contribution in [-0.4, -0.2) is 58.0 Å². The minimum Gasteiger partial charge on any atom is -0.396 e. The van der Waals surface area contributed by atoms with Gasteiger partial charge in [0.25, 0.3) is 0 Å². The minimum absolute atomic E-state index is 0.149. The van der Waals surface area contributed by atoms with Gasteiger partial charge in [-0.2, -0.15) is 0 Å². The molecule has 2 aliphatic heterocycles. The molecule has 0 unspecified atom stereocenters. The first-order valence-electron chi connectivity index (χ1n) is 8.50. The maximum atomic E-state index is 9.13. The number of aromatic nitrogens is 2. The fraction of sp³-hybridized carbons (Fsp3) is 0.500. The molecule has 4 rings (SSSR count). The van der Waals surface area contributed by atoms with Gasteiger partial charge in [-0.25, -0.2) is 4.98 Å². The van der Waals surface area contributed by atoms with E-state index in [-0.39, 0.29) is 12.7 Å². The van der Waals surface area contributed by atoms with Crippen molar-refractivity contribution >= 4 is 11.6 Å². The Morgan fingerprint density at radius 2 is 2.12 bits per heavy atom. The van der Waals surface area contributed by atoms with Gasteiger partial charge in [0.15, 0.2) is 0 Å². The van der Waals surface area contributed by atoms with Crippen molar-refractivity contribution in [1.29, 1.82) is 0 Å². The molecule has 2 aromatic rings. The zero-order chi connectivity index (χ0) is 16.5. The number of aliphatic hydroxyl groups is 1. The molecule has 0 saturated carbocycles. The van der Waals surface area contributed by atoms with Crippen molar-refractivity contribution < 1.29 is 9.84 Å². The van der Waals surface area contributed by atoms with E-state index in [9.17, 15) is 0 Å². The molecule has 5 nitrogen and oxygen atoms in total. The van der Waals surface area contributed by atoms with Crippen molar-refractivity contribution in [3.63, 3.8) is 0 Å². The highest BCUT2D eigenvalue weighted by atomic mass is 35.5. The average Bonchev–Trinajstić information content (AvgIpc) is 3.21. The lowest BCUT2D eigenvalue weighted by atomic mass is 10.1. The second-order valence-electron chi connectivity index (χ2n) is 6.60. The number of imidazole rings is 1. The molecule has 2 fully saturated rings. The van der Waals surface area contributed by atoms with Crippen LogP contribution in [0.25, 0.3) is 11.4 Å². The van der Waals surface area contributed by atoms with Gasteiger partial charge in [0.1, 0.15) is 5.82 Å². The van der Waals surface area contributed by atoms with Crippen LogP contribution in [0.5, 0.6) is 0 Å². The van der Waals surface area contributed by atoms with Gasteiger partial charge >= 0.3 is 0 Å². The molecule has 3 atom stereocenters. The van der Waals surface area contributed by atoms with E-state index in [4.69, 9.17) is 21.4 Å². The van der Waals surface area contributed by atoms with Gasteiger partial charge in [-0.3, -0.25) is 4.90 Å². The van der Waals surface area contributed by atoms with Gasteiger partial charge in [-0.15, -0.1) is 0 Å². The van der Waals surface area contributed by atoms with Gasteiger partial charge < -0.3 is 14.4 Å². The molecule has 128 valence electrons. The maximum absolute atomic E-state index is 9.13. The molecule has 2 aliphatic rings. The van der Waals surface area contributed by atoms with E-state index in [1.165, 1.54) is 0 Å². The summed E-state index contributed by atoms with van der Waals surface area (Å²) < 4.78 is 8.13. The predicted molar refractivity (Wildman–Crippen MR) is 93.1 cm³/mol. The van der Waals surface area contributed by atoms with E-state index in [1.54, 1.807) is 0 Å². The van der Waals surface area contributed by atoms with Gasteiger partial charge in [0, 0.05) is 49.7 Å². The lowest BCUT2D eigenvalue weighted by Gasteiger charge is -2.34. The summed E-state index contributed by atoms with van der Waals surface area (Å²) in [6.07, 6.45) is 5.81. The number of aliphatic hydroxyl groups excluding tert-OH is 1. The number of ether oxygens (including phenoxy) is 1. The number of nitrogens with zero attached hydrogens (tertiary/aromatic N) is 3. The van der Waals surface area contributed by atoms with Crippen LogP contribution in [0.1, 0.15) is 18.9 Å². The summed E-state index contributed by atoms with van der Waals surface area (Å²) in [5, 5.41) is 9.85. The molecular weight excluding hydrogens is 326 g/mol. The Balaban J connectivity index is 1.55. The van der Waals surface area contributed by atoms with Crippen LogP contribution in [0.3, 0.4) is 0 Å². The van der Waals surface area contributed by atoms with Gasteiger partial charge in [-0.05, 0) is 25.0 Å². The molecule has 1 N–H and O–H groups in total. The number of hydrogen-bond donors (Lipinski definition) is 1. The Morgan fingerprint density at radius 3 is 2.96 bits per heavy atom. The van der Waals surface area contributed by atoms with Crippen LogP contribution in [0.15, 0.2) is 36.7 Å². The number of hydrogen-bond acceptors (Lipinski definition) is 4. The normalized spacial score (nSPS) is 27.3. The van der Waals surface area contributed by atoms with E-state index in [0.29, 0.717) is 18.5 Å². The van der Waals surface area contributed by atoms with Crippen LogP contribution in [0.2, 0.25) is 5.02 Å². The summed E-state index contributed by atoms with van der Waals surface area (Å²) in [6, 6.07) is 8.68. The highest BCUT2D eigenvalue weighted by Crippen LogP contribution is 2.35. The summed E-state index contributed by atoms with van der Waals surface area (Å²) in [5.41, 5.74) is 0.975. The number of benzene rings is 1. The Bertz CT molecular complexity index is 705. The first-order valence-corrected chi connectivity index (χ1v) is 8.88. The first kappa shape index (κ1) is 16.1. The van der Waals surface area contributed by atoms with E-state index in [0.717, 1.165) is 42.5 Å². The van der Waals surface area contributed by atoms with Gasteiger partial charge in [0.05, 0.1) is 17.7 Å². The molecule has 24 heavy (non-hydrogen) atoms. The summed E-state index contributed by atoms with van der Waals surface area (Å²) in [6.45, 7) is 2.82. The van der Waals surface area contributed by atoms with E-state index in [2.05, 4.69) is 14.5 Å². The second kappa shape index (κ2) is 6.84. The molecule has 2 saturated heterocycles. The average molecular weight is 348 g/mol. The maximum Gasteiger partial charge on any atom is 0.141 e. The second-order valence-corrected chi connectivity index (χ2v) is 7.01. The Kier molecular flexibility index (Phi) is 4.59. The van der Waals surface area contributed by atoms with Crippen molar-refractivity contribution in [2.75, 3.05) is 26.3 Å². The van der Waals surface area contributed by atoms with Crippen LogP contribution < -0.4 is 0 Å². The summed E-state index contributed by atoms with van der Waals surface area (Å²) in [5.74, 6) is 0.929. The van der Waals surface area contributed by atoms with Gasteiger partial charge in [-0.1, -0.05) is 23.7 Å². The van der Waals surface area contributed by atoms with Gasteiger partial charge in [0.2, 0.25) is 0 Å². The third-order valence-electron chi connectivity index (χ3n) is 5.10. The number of fused-ring (bicyclic) bond motifs is 1. The predicted octanol–water partition coefficient (Wildman–Crippen LogP) is 2.60. The molecule has 0 bridgehead atoms. The zero-order valence-corrected chi connectivity index (χ0v) is 14.3. The number of rotatable bonds is 4. The topological polar surface area (TPSA) is 50.5 Å². The van der Waals surface area contributed by atoms with E-state index < -0.39 is 0 Å². The molecule has 0 radical (unpaired) electrons. The highest BCUT2D eigenvalue weighted by Gasteiger charge is 2.38. The van der Waals surface area contributed by atoms with Crippen LogP contribution >= 0.6 is 11.6 Å². The zero-order valence-electron chi connectivity index (χ0n) is 13.5. The van der Waals surface area contributed by atoms with Crippen LogP contribution in [0.4, 0.5) is 0 Å². The molecule has 1 aromatic carbocycles. The van der Waals surface area contributed by atoms with E-state index in [1.807, 2.05) is 36.7 Å². The smallest absolute Gasteiger partial charge is 0.141 e. The highest BCUT2D eigenvalue weighted by molar-refractivity contribution is 6.33. The largest absolute Gasteiger partial charge is 0.396 e. The summed E-state index contributed by atoms with van der Waals surface area (Å²) in [4.78, 5) is 7.04. The SMILES string of the molecule is OCC[C@H]1CN2C[C@@H](n3ccnc3-c3ccccc3Cl)C[C@H]2CO1.